The Balaban J connectivity index is 3.18. The number of carbonyl (C=O) groups is 1. The lowest BCUT2D eigenvalue weighted by Crippen LogP contribution is -2.39. The Morgan fingerprint density at radius 2 is 2.05 bits per heavy atom. The van der Waals surface area contributed by atoms with Crippen LogP contribution in [0.25, 0.3) is 0 Å². The van der Waals surface area contributed by atoms with E-state index < -0.39 is 15.9 Å². The van der Waals surface area contributed by atoms with E-state index in [9.17, 15) is 13.2 Å². The Kier molecular flexibility index (Phi) is 5.98. The molecular weight excluding hydrogens is 294 g/mol. The number of benzene rings is 1. The zero-order valence-electron chi connectivity index (χ0n) is 12.2. The van der Waals surface area contributed by atoms with E-state index in [0.29, 0.717) is 12.2 Å². The maximum absolute atomic E-state index is 12.6. The first-order valence-electron chi connectivity index (χ1n) is 6.55. The zero-order valence-corrected chi connectivity index (χ0v) is 13.0. The van der Waals surface area contributed by atoms with Crippen molar-refractivity contribution in [3.8, 4) is 5.75 Å². The number of hydrogen-bond donors (Lipinski definition) is 2. The largest absolute Gasteiger partial charge is 0.497 e. The van der Waals surface area contributed by atoms with E-state index in [1.54, 1.807) is 0 Å². The molecule has 118 valence electrons. The van der Waals surface area contributed by atoms with Gasteiger partial charge in [-0.1, -0.05) is 13.3 Å². The molecule has 8 heteroatoms. The SMILES string of the molecule is CCCCN(CC(N)=O)S(=O)(=O)c1ccc(OC)cc1N. The Morgan fingerprint density at radius 1 is 1.38 bits per heavy atom. The number of carbonyl (C=O) groups excluding carboxylic acids is 1. The van der Waals surface area contributed by atoms with Crippen molar-refractivity contribution >= 4 is 21.6 Å². The fraction of sp³-hybridized carbons (Fsp3) is 0.462. The standard InChI is InChI=1S/C13H21N3O4S/c1-3-4-7-16(9-13(15)17)21(18,19)12-6-5-10(20-2)8-11(12)14/h5-6,8H,3-4,7,9,14H2,1-2H3,(H2,15,17). The van der Waals surface area contributed by atoms with Crippen LogP contribution >= 0.6 is 0 Å². The lowest BCUT2D eigenvalue weighted by atomic mass is 10.3. The van der Waals surface area contributed by atoms with Crippen molar-refractivity contribution in [2.24, 2.45) is 5.73 Å². The number of rotatable bonds is 8. The highest BCUT2D eigenvalue weighted by Gasteiger charge is 2.27. The molecule has 1 aromatic rings. The maximum atomic E-state index is 12.6. The Morgan fingerprint density at radius 3 is 2.52 bits per heavy atom. The van der Waals surface area contributed by atoms with Gasteiger partial charge in [-0.2, -0.15) is 4.31 Å². The van der Waals surface area contributed by atoms with Gasteiger partial charge in [-0.15, -0.1) is 0 Å². The lowest BCUT2D eigenvalue weighted by molar-refractivity contribution is -0.118. The number of unbranched alkanes of at least 4 members (excludes halogenated alkanes) is 1. The monoisotopic (exact) mass is 315 g/mol. The molecule has 0 aliphatic rings. The van der Waals surface area contributed by atoms with Crippen molar-refractivity contribution in [3.63, 3.8) is 0 Å². The zero-order chi connectivity index (χ0) is 16.0. The molecule has 1 aromatic carbocycles. The van der Waals surface area contributed by atoms with Crippen LogP contribution in [0.2, 0.25) is 0 Å². The van der Waals surface area contributed by atoms with Crippen LogP contribution in [-0.2, 0) is 14.8 Å². The second kappa shape index (κ2) is 7.28. The summed E-state index contributed by atoms with van der Waals surface area (Å²) in [5.74, 6) is -0.247. The van der Waals surface area contributed by atoms with Crippen LogP contribution in [0.1, 0.15) is 19.8 Å². The van der Waals surface area contributed by atoms with Gasteiger partial charge in [0.15, 0.2) is 0 Å². The van der Waals surface area contributed by atoms with Crippen LogP contribution in [0, 0.1) is 0 Å². The summed E-state index contributed by atoms with van der Waals surface area (Å²) in [6, 6.07) is 4.30. The highest BCUT2D eigenvalue weighted by atomic mass is 32.2. The first-order valence-corrected chi connectivity index (χ1v) is 7.99. The van der Waals surface area contributed by atoms with Crippen LogP contribution in [-0.4, -0.2) is 38.8 Å². The van der Waals surface area contributed by atoms with Gasteiger partial charge in [-0.3, -0.25) is 4.79 Å². The van der Waals surface area contributed by atoms with Gasteiger partial charge in [0.05, 0.1) is 19.3 Å². The molecule has 0 radical (unpaired) electrons. The number of amides is 1. The highest BCUT2D eigenvalue weighted by Crippen LogP contribution is 2.26. The molecule has 0 bridgehead atoms. The number of hydrogen-bond acceptors (Lipinski definition) is 5. The fourth-order valence-electron chi connectivity index (χ4n) is 1.82. The number of nitrogen functional groups attached to an aromatic ring is 1. The van der Waals surface area contributed by atoms with Gasteiger partial charge in [-0.05, 0) is 18.6 Å². The molecule has 0 aliphatic carbocycles. The quantitative estimate of drug-likeness (QED) is 0.680. The van der Waals surface area contributed by atoms with Gasteiger partial charge < -0.3 is 16.2 Å². The van der Waals surface area contributed by atoms with Crippen molar-refractivity contribution in [2.45, 2.75) is 24.7 Å². The predicted octanol–water partition coefficient (Wildman–Crippen LogP) is 0.554. The molecule has 1 amide bonds. The summed E-state index contributed by atoms with van der Waals surface area (Å²) >= 11 is 0. The summed E-state index contributed by atoms with van der Waals surface area (Å²) in [7, 11) is -2.41. The molecule has 1 rings (SSSR count). The van der Waals surface area contributed by atoms with Gasteiger partial charge >= 0.3 is 0 Å². The second-order valence-corrected chi connectivity index (χ2v) is 6.47. The first kappa shape index (κ1) is 17.3. The van der Waals surface area contributed by atoms with E-state index >= 15 is 0 Å². The van der Waals surface area contributed by atoms with Crippen molar-refractivity contribution in [1.29, 1.82) is 0 Å². The third-order valence-electron chi connectivity index (χ3n) is 2.93. The number of ether oxygens (including phenoxy) is 1. The third kappa shape index (κ3) is 4.33. The number of nitrogens with two attached hydrogens (primary N) is 2. The number of anilines is 1. The molecule has 0 atom stereocenters. The molecule has 4 N–H and O–H groups in total. The molecule has 7 nitrogen and oxygen atoms in total. The van der Waals surface area contributed by atoms with Gasteiger partial charge in [0, 0.05) is 12.6 Å². The molecule has 0 unspecified atom stereocenters. The number of sulfonamides is 1. The number of methoxy groups -OCH3 is 1. The van der Waals surface area contributed by atoms with Gasteiger partial charge in [0.1, 0.15) is 10.6 Å². The molecular formula is C13H21N3O4S. The van der Waals surface area contributed by atoms with Gasteiger partial charge in [0.25, 0.3) is 0 Å². The molecule has 0 aliphatic heterocycles. The second-order valence-electron chi connectivity index (χ2n) is 4.56. The minimum absolute atomic E-state index is 0.0550. The van der Waals surface area contributed by atoms with Crippen molar-refractivity contribution < 1.29 is 17.9 Å². The summed E-state index contributed by atoms with van der Waals surface area (Å²) in [6.07, 6.45) is 1.42. The van der Waals surface area contributed by atoms with Crippen LogP contribution < -0.4 is 16.2 Å². The lowest BCUT2D eigenvalue weighted by Gasteiger charge is -2.21. The van der Waals surface area contributed by atoms with Gasteiger partial charge in [-0.25, -0.2) is 8.42 Å². The normalized spacial score (nSPS) is 11.6. The average Bonchev–Trinajstić information content (AvgIpc) is 2.42. The molecule has 0 aromatic heterocycles. The van der Waals surface area contributed by atoms with Crippen LogP contribution in [0.3, 0.4) is 0 Å². The first-order chi connectivity index (χ1) is 9.82. The minimum Gasteiger partial charge on any atom is -0.497 e. The smallest absolute Gasteiger partial charge is 0.245 e. The topological polar surface area (TPSA) is 116 Å². The number of primary amides is 1. The highest BCUT2D eigenvalue weighted by molar-refractivity contribution is 7.89. The molecule has 0 fully saturated rings. The summed E-state index contributed by atoms with van der Waals surface area (Å²) in [4.78, 5) is 11.0. The Bertz CT molecular complexity index is 601. The predicted molar refractivity (Wildman–Crippen MR) is 80.3 cm³/mol. The van der Waals surface area contributed by atoms with E-state index in [-0.39, 0.29) is 23.7 Å². The fourth-order valence-corrected chi connectivity index (χ4v) is 3.36. The summed E-state index contributed by atoms with van der Waals surface area (Å²) in [5, 5.41) is 0. The van der Waals surface area contributed by atoms with Crippen molar-refractivity contribution in [1.82, 2.24) is 4.31 Å². The summed E-state index contributed by atoms with van der Waals surface area (Å²) < 4.78 is 31.2. The summed E-state index contributed by atoms with van der Waals surface area (Å²) in [5.41, 5.74) is 11.0. The van der Waals surface area contributed by atoms with Crippen LogP contribution in [0.15, 0.2) is 23.1 Å². The van der Waals surface area contributed by atoms with Gasteiger partial charge in [0.2, 0.25) is 15.9 Å². The van der Waals surface area contributed by atoms with Crippen LogP contribution in [0.5, 0.6) is 5.75 Å². The van der Waals surface area contributed by atoms with E-state index in [4.69, 9.17) is 16.2 Å². The van der Waals surface area contributed by atoms with E-state index in [2.05, 4.69) is 0 Å². The Labute approximate surface area is 124 Å². The third-order valence-corrected chi connectivity index (χ3v) is 4.85. The van der Waals surface area contributed by atoms with E-state index in [1.165, 1.54) is 25.3 Å². The van der Waals surface area contributed by atoms with Crippen LogP contribution in [0.4, 0.5) is 5.69 Å². The molecule has 21 heavy (non-hydrogen) atoms. The Hall–Kier alpha value is -1.80. The molecule has 0 heterocycles. The maximum Gasteiger partial charge on any atom is 0.245 e. The molecule has 0 saturated carbocycles. The molecule has 0 spiro atoms. The average molecular weight is 315 g/mol. The van der Waals surface area contributed by atoms with Crippen molar-refractivity contribution in [2.75, 3.05) is 25.9 Å². The number of nitrogens with zero attached hydrogens (tertiary/aromatic N) is 1. The minimum atomic E-state index is -3.87. The van der Waals surface area contributed by atoms with Crippen molar-refractivity contribution in [3.05, 3.63) is 18.2 Å². The molecule has 0 saturated heterocycles. The van der Waals surface area contributed by atoms with E-state index in [1.807, 2.05) is 6.92 Å². The van der Waals surface area contributed by atoms with E-state index in [0.717, 1.165) is 10.7 Å². The summed E-state index contributed by atoms with van der Waals surface area (Å²) in [6.45, 7) is 1.78.